The number of hydrogen-bond acceptors (Lipinski definition) is 8. The summed E-state index contributed by atoms with van der Waals surface area (Å²) in [5.41, 5.74) is 32.1. The number of nitrogens with one attached hydrogen (secondary N) is 3. The Kier molecular flexibility index (Phi) is 17.0. The van der Waals surface area contributed by atoms with Crippen molar-refractivity contribution in [3.05, 3.63) is 0 Å². The van der Waals surface area contributed by atoms with Gasteiger partial charge in [0.1, 0.15) is 18.1 Å². The lowest BCUT2D eigenvalue weighted by molar-refractivity contribution is -0.142. The normalized spacial score (nSPS) is 13.7. The highest BCUT2D eigenvalue weighted by Gasteiger charge is 2.30. The monoisotopic (exact) mass is 571 g/mol. The third-order valence-corrected chi connectivity index (χ3v) is 5.52. The van der Waals surface area contributed by atoms with Gasteiger partial charge >= 0.3 is 5.97 Å². The fraction of sp³-hybridized carbons (Fsp3) is 0.696. The van der Waals surface area contributed by atoms with Gasteiger partial charge in [-0.15, -0.1) is 0 Å². The Labute approximate surface area is 233 Å². The number of nitrogens with two attached hydrogens (primary N) is 6. The van der Waals surface area contributed by atoms with Crippen LogP contribution < -0.4 is 50.4 Å². The number of carbonyl (C=O) groups is 5. The minimum atomic E-state index is -1.28. The van der Waals surface area contributed by atoms with Gasteiger partial charge < -0.3 is 55.5 Å². The average Bonchev–Trinajstić information content (AvgIpc) is 2.84. The molecule has 0 aromatic rings. The first-order valence-electron chi connectivity index (χ1n) is 12.9. The van der Waals surface area contributed by atoms with Crippen molar-refractivity contribution in [3.8, 4) is 0 Å². The third-order valence-electron chi connectivity index (χ3n) is 5.52. The molecular formula is C23H45N11O6. The molecule has 0 heterocycles. The van der Waals surface area contributed by atoms with E-state index in [1.54, 1.807) is 0 Å². The molecule has 4 atom stereocenters. The predicted octanol–water partition coefficient (Wildman–Crippen LogP) is -3.73. The zero-order valence-electron chi connectivity index (χ0n) is 23.1. The number of carboxylic acid groups (broad SMARTS) is 1. The number of carbonyl (C=O) groups excluding carboxylic acids is 4. The second kappa shape index (κ2) is 19.0. The van der Waals surface area contributed by atoms with Crippen LogP contribution >= 0.6 is 0 Å². The Morgan fingerprint density at radius 3 is 1.60 bits per heavy atom. The summed E-state index contributed by atoms with van der Waals surface area (Å²) in [6.07, 6.45) is 0.742. The van der Waals surface area contributed by atoms with E-state index in [0.717, 1.165) is 0 Å². The Balaban J connectivity index is 5.64. The van der Waals surface area contributed by atoms with E-state index in [0.29, 0.717) is 0 Å². The van der Waals surface area contributed by atoms with Crippen LogP contribution in [0, 0.1) is 5.92 Å². The van der Waals surface area contributed by atoms with Gasteiger partial charge in [-0.2, -0.15) is 0 Å². The topological polar surface area (TPSA) is 323 Å². The lowest BCUT2D eigenvalue weighted by Crippen LogP contribution is -2.57. The zero-order valence-corrected chi connectivity index (χ0v) is 23.1. The first-order chi connectivity index (χ1) is 18.6. The summed E-state index contributed by atoms with van der Waals surface area (Å²) in [4.78, 5) is 69.2. The van der Waals surface area contributed by atoms with E-state index in [9.17, 15) is 29.1 Å². The molecule has 0 aromatic heterocycles. The fourth-order valence-corrected chi connectivity index (χ4v) is 3.49. The van der Waals surface area contributed by atoms with Gasteiger partial charge in [0, 0.05) is 19.5 Å². The molecule has 17 nitrogen and oxygen atoms in total. The van der Waals surface area contributed by atoms with E-state index >= 15 is 0 Å². The van der Waals surface area contributed by atoms with E-state index < -0.39 is 53.8 Å². The van der Waals surface area contributed by atoms with Crippen molar-refractivity contribution in [2.75, 3.05) is 13.1 Å². The number of nitrogens with zero attached hydrogens (tertiary/aromatic N) is 2. The van der Waals surface area contributed by atoms with E-state index in [1.165, 1.54) is 0 Å². The largest absolute Gasteiger partial charge is 0.480 e. The maximum Gasteiger partial charge on any atom is 0.326 e. The maximum absolute atomic E-state index is 13.2. The number of aliphatic carboxylic acids is 1. The molecule has 228 valence electrons. The summed E-state index contributed by atoms with van der Waals surface area (Å²) in [6, 6.07) is -4.58. The molecule has 0 aliphatic rings. The zero-order chi connectivity index (χ0) is 30.8. The van der Waals surface area contributed by atoms with E-state index in [1.807, 2.05) is 13.8 Å². The minimum absolute atomic E-state index is 0.00717. The lowest BCUT2D eigenvalue weighted by Gasteiger charge is -2.26. The van der Waals surface area contributed by atoms with Gasteiger partial charge in [0.2, 0.25) is 23.6 Å². The van der Waals surface area contributed by atoms with Crippen LogP contribution in [0.1, 0.15) is 58.8 Å². The van der Waals surface area contributed by atoms with Crippen LogP contribution in [0.2, 0.25) is 0 Å². The molecular weight excluding hydrogens is 526 g/mol. The summed E-state index contributed by atoms with van der Waals surface area (Å²) < 4.78 is 0. The quantitative estimate of drug-likeness (QED) is 0.0384. The summed E-state index contributed by atoms with van der Waals surface area (Å²) in [5, 5.41) is 17.1. The van der Waals surface area contributed by atoms with Crippen LogP contribution in [-0.4, -0.2) is 83.9 Å². The second-order valence-corrected chi connectivity index (χ2v) is 9.66. The minimum Gasteiger partial charge on any atom is -0.480 e. The lowest BCUT2D eigenvalue weighted by atomic mass is 10.0. The molecule has 16 N–H and O–H groups in total. The Morgan fingerprint density at radius 1 is 0.700 bits per heavy atom. The number of carboxylic acids is 1. The summed E-state index contributed by atoms with van der Waals surface area (Å²) in [6.45, 7) is 3.99. The highest BCUT2D eigenvalue weighted by molar-refractivity contribution is 5.94. The van der Waals surface area contributed by atoms with Crippen molar-refractivity contribution in [2.24, 2.45) is 50.3 Å². The smallest absolute Gasteiger partial charge is 0.326 e. The van der Waals surface area contributed by atoms with E-state index in [2.05, 4.69) is 25.9 Å². The van der Waals surface area contributed by atoms with Gasteiger partial charge in [-0.05, 0) is 44.4 Å². The van der Waals surface area contributed by atoms with Gasteiger partial charge in [0.25, 0.3) is 0 Å². The molecule has 0 spiro atoms. The number of rotatable bonds is 20. The molecule has 0 aliphatic heterocycles. The van der Waals surface area contributed by atoms with Crippen LogP contribution in [0.5, 0.6) is 0 Å². The van der Waals surface area contributed by atoms with E-state index in [4.69, 9.17) is 34.4 Å². The Morgan fingerprint density at radius 2 is 1.15 bits per heavy atom. The van der Waals surface area contributed by atoms with Gasteiger partial charge in [-0.1, -0.05) is 13.8 Å². The van der Waals surface area contributed by atoms with Gasteiger partial charge in [0.05, 0.1) is 6.04 Å². The predicted molar refractivity (Wildman–Crippen MR) is 149 cm³/mol. The first-order valence-corrected chi connectivity index (χ1v) is 12.9. The van der Waals surface area contributed by atoms with Crippen LogP contribution in [0.4, 0.5) is 0 Å². The van der Waals surface area contributed by atoms with Crippen molar-refractivity contribution in [1.82, 2.24) is 16.0 Å². The average molecular weight is 572 g/mol. The number of amides is 4. The second-order valence-electron chi connectivity index (χ2n) is 9.66. The summed E-state index contributed by atoms with van der Waals surface area (Å²) >= 11 is 0. The van der Waals surface area contributed by atoms with Gasteiger partial charge in [-0.25, -0.2) is 4.79 Å². The van der Waals surface area contributed by atoms with Crippen molar-refractivity contribution >= 4 is 41.5 Å². The van der Waals surface area contributed by atoms with Crippen LogP contribution in [0.25, 0.3) is 0 Å². The van der Waals surface area contributed by atoms with Crippen LogP contribution in [0.3, 0.4) is 0 Å². The van der Waals surface area contributed by atoms with Crippen molar-refractivity contribution in [1.29, 1.82) is 0 Å². The van der Waals surface area contributed by atoms with Gasteiger partial charge in [0.15, 0.2) is 11.9 Å². The molecule has 0 aliphatic carbocycles. The molecule has 0 rings (SSSR count). The standard InChI is InChI=1S/C23H45N11O6/c1-12(2)11-16(34-18(36)13(24)7-8-17(25)35)20(38)32-14(5-3-9-30-22(26)27)19(37)33-15(21(39)40)6-4-10-31-23(28)29/h12-16H,3-11,24H2,1-2H3,(H2,25,35)(H,32,38)(H,33,37)(H,34,36)(H,39,40)(H4,26,27,30)(H4,28,29,31). The molecule has 0 bridgehead atoms. The Hall–Kier alpha value is -4.15. The van der Waals surface area contributed by atoms with Crippen molar-refractivity contribution < 1.29 is 29.1 Å². The molecule has 40 heavy (non-hydrogen) atoms. The summed E-state index contributed by atoms with van der Waals surface area (Å²) in [7, 11) is 0. The van der Waals surface area contributed by atoms with Crippen molar-refractivity contribution in [3.63, 3.8) is 0 Å². The Bertz CT molecular complexity index is 917. The highest BCUT2D eigenvalue weighted by atomic mass is 16.4. The van der Waals surface area contributed by atoms with Crippen molar-refractivity contribution in [2.45, 2.75) is 83.0 Å². The molecule has 0 saturated carbocycles. The maximum atomic E-state index is 13.2. The molecule has 4 amide bonds. The van der Waals surface area contributed by atoms with Gasteiger partial charge in [-0.3, -0.25) is 29.2 Å². The summed E-state index contributed by atoms with van der Waals surface area (Å²) in [5.74, 6) is -4.31. The van der Waals surface area contributed by atoms with E-state index in [-0.39, 0.29) is 75.9 Å². The molecule has 0 fully saturated rings. The third kappa shape index (κ3) is 16.6. The molecule has 0 aromatic carbocycles. The molecule has 17 heteroatoms. The number of hydrogen-bond donors (Lipinski definition) is 10. The molecule has 0 saturated heterocycles. The number of primary amides is 1. The number of guanidine groups is 2. The molecule has 0 radical (unpaired) electrons. The van der Waals surface area contributed by atoms with Crippen LogP contribution in [-0.2, 0) is 24.0 Å². The molecule has 4 unspecified atom stereocenters. The number of aliphatic imine (C=N–C) groups is 2. The fourth-order valence-electron chi connectivity index (χ4n) is 3.49. The first kappa shape index (κ1) is 35.9. The highest BCUT2D eigenvalue weighted by Crippen LogP contribution is 2.09. The SMILES string of the molecule is CC(C)CC(NC(=O)C(N)CCC(N)=O)C(=O)NC(CCCN=C(N)N)C(=O)NC(CCCN=C(N)N)C(=O)O. The van der Waals surface area contributed by atoms with Crippen LogP contribution in [0.15, 0.2) is 9.98 Å².